The number of nitrogens with zero attached hydrogens (tertiary/aromatic N) is 1. The largest absolute Gasteiger partial charge is 0.492 e. The molecule has 1 heterocycles. The Morgan fingerprint density at radius 3 is 2.81 bits per heavy atom. The van der Waals surface area contributed by atoms with Gasteiger partial charge in [0.2, 0.25) is 5.91 Å². The fourth-order valence-corrected chi connectivity index (χ4v) is 2.87. The maximum atomic E-state index is 12.6. The molecule has 0 aromatic heterocycles. The third-order valence-electron chi connectivity index (χ3n) is 3.85. The molecular formula is C15H16ClNO4. The molecule has 0 saturated heterocycles. The van der Waals surface area contributed by atoms with E-state index < -0.39 is 5.97 Å². The Morgan fingerprint density at radius 1 is 1.38 bits per heavy atom. The van der Waals surface area contributed by atoms with Gasteiger partial charge in [-0.1, -0.05) is 11.6 Å². The Balaban J connectivity index is 1.74. The molecule has 3 rings (SSSR count). The van der Waals surface area contributed by atoms with Crippen LogP contribution in [0, 0.1) is 5.92 Å². The third kappa shape index (κ3) is 3.13. The predicted octanol–water partition coefficient (Wildman–Crippen LogP) is 1.97. The van der Waals surface area contributed by atoms with E-state index in [1.54, 1.807) is 18.2 Å². The lowest BCUT2D eigenvalue weighted by Gasteiger charge is -2.29. The molecule has 1 N–H and O–H groups in total. The number of benzene rings is 1. The van der Waals surface area contributed by atoms with E-state index >= 15 is 0 Å². The van der Waals surface area contributed by atoms with Crippen molar-refractivity contribution in [3.8, 4) is 5.75 Å². The van der Waals surface area contributed by atoms with Crippen molar-refractivity contribution in [2.45, 2.75) is 25.3 Å². The highest BCUT2D eigenvalue weighted by molar-refractivity contribution is 6.30. The summed E-state index contributed by atoms with van der Waals surface area (Å²) in [5, 5.41) is 9.57. The van der Waals surface area contributed by atoms with Crippen LogP contribution < -0.4 is 4.74 Å². The topological polar surface area (TPSA) is 66.8 Å². The molecule has 1 aromatic rings. The molecule has 1 aliphatic carbocycles. The van der Waals surface area contributed by atoms with Gasteiger partial charge in [0.1, 0.15) is 18.9 Å². The van der Waals surface area contributed by atoms with Crippen molar-refractivity contribution in [2.75, 3.05) is 13.2 Å². The van der Waals surface area contributed by atoms with E-state index in [1.807, 2.05) is 0 Å². The molecule has 1 unspecified atom stereocenters. The molecule has 0 bridgehead atoms. The van der Waals surface area contributed by atoms with Gasteiger partial charge in [0.25, 0.3) is 0 Å². The van der Waals surface area contributed by atoms with Crippen molar-refractivity contribution in [3.63, 3.8) is 0 Å². The average molecular weight is 310 g/mol. The second kappa shape index (κ2) is 5.56. The minimum atomic E-state index is -0.976. The normalized spacial score (nSPS) is 20.3. The van der Waals surface area contributed by atoms with E-state index in [0.717, 1.165) is 24.2 Å². The molecule has 5 nitrogen and oxygen atoms in total. The Bertz CT molecular complexity index is 585. The van der Waals surface area contributed by atoms with Crippen LogP contribution in [0.4, 0.5) is 0 Å². The molecule has 1 aliphatic heterocycles. The van der Waals surface area contributed by atoms with E-state index in [9.17, 15) is 9.59 Å². The standard InChI is InChI=1S/C15H16ClNO4/c16-11-1-4-13-9(6-11)5-10(8-21-13)15(20)17(7-14(18)19)12-2-3-12/h1,4,6,10,12H,2-3,5,7-8H2,(H,18,19). The number of amides is 1. The zero-order valence-corrected chi connectivity index (χ0v) is 12.2. The first-order valence-corrected chi connectivity index (χ1v) is 7.36. The Morgan fingerprint density at radius 2 is 2.14 bits per heavy atom. The van der Waals surface area contributed by atoms with Crippen LogP contribution in [0.1, 0.15) is 18.4 Å². The molecule has 1 aromatic carbocycles. The number of ether oxygens (including phenoxy) is 1. The van der Waals surface area contributed by atoms with Gasteiger partial charge in [-0.25, -0.2) is 0 Å². The maximum Gasteiger partial charge on any atom is 0.323 e. The number of fused-ring (bicyclic) bond motifs is 1. The Kier molecular flexibility index (Phi) is 3.76. The highest BCUT2D eigenvalue weighted by atomic mass is 35.5. The number of carboxylic acids is 1. The average Bonchev–Trinajstić information content (AvgIpc) is 3.27. The van der Waals surface area contributed by atoms with Crippen LogP contribution in [-0.2, 0) is 16.0 Å². The van der Waals surface area contributed by atoms with E-state index in [0.29, 0.717) is 11.4 Å². The second-order valence-electron chi connectivity index (χ2n) is 5.56. The summed E-state index contributed by atoms with van der Waals surface area (Å²) < 4.78 is 5.61. The lowest BCUT2D eigenvalue weighted by Crippen LogP contribution is -2.44. The van der Waals surface area contributed by atoms with Gasteiger partial charge in [0, 0.05) is 11.1 Å². The van der Waals surface area contributed by atoms with Crippen LogP contribution in [0.3, 0.4) is 0 Å². The number of hydrogen-bond acceptors (Lipinski definition) is 3. The summed E-state index contributed by atoms with van der Waals surface area (Å²) >= 11 is 5.97. The Hall–Kier alpha value is -1.75. The van der Waals surface area contributed by atoms with Gasteiger partial charge in [0.05, 0.1) is 5.92 Å². The molecule has 112 valence electrons. The van der Waals surface area contributed by atoms with Crippen molar-refractivity contribution in [2.24, 2.45) is 5.92 Å². The molecule has 0 spiro atoms. The van der Waals surface area contributed by atoms with Crippen LogP contribution in [0.15, 0.2) is 18.2 Å². The number of halogens is 1. The summed E-state index contributed by atoms with van der Waals surface area (Å²) in [4.78, 5) is 25.0. The molecule has 6 heteroatoms. The number of rotatable bonds is 4. The van der Waals surface area contributed by atoms with Gasteiger partial charge >= 0.3 is 5.97 Å². The second-order valence-corrected chi connectivity index (χ2v) is 5.99. The zero-order chi connectivity index (χ0) is 15.0. The number of carbonyl (C=O) groups is 2. The summed E-state index contributed by atoms with van der Waals surface area (Å²) in [5.74, 6) is -0.698. The van der Waals surface area contributed by atoms with Gasteiger partial charge < -0.3 is 14.7 Å². The van der Waals surface area contributed by atoms with Gasteiger partial charge in [-0.15, -0.1) is 0 Å². The van der Waals surface area contributed by atoms with E-state index in [4.69, 9.17) is 21.4 Å². The molecule has 21 heavy (non-hydrogen) atoms. The summed E-state index contributed by atoms with van der Waals surface area (Å²) in [7, 11) is 0. The number of hydrogen-bond donors (Lipinski definition) is 1. The third-order valence-corrected chi connectivity index (χ3v) is 4.09. The minimum absolute atomic E-state index is 0.0781. The van der Waals surface area contributed by atoms with Gasteiger partial charge in [-0.2, -0.15) is 0 Å². The van der Waals surface area contributed by atoms with Crippen molar-refractivity contribution in [3.05, 3.63) is 28.8 Å². The number of aliphatic carboxylic acids is 1. The van der Waals surface area contributed by atoms with Crippen molar-refractivity contribution >= 4 is 23.5 Å². The van der Waals surface area contributed by atoms with Crippen molar-refractivity contribution < 1.29 is 19.4 Å². The lowest BCUT2D eigenvalue weighted by atomic mass is 9.95. The van der Waals surface area contributed by atoms with Crippen molar-refractivity contribution in [1.82, 2.24) is 4.90 Å². The Labute approximate surface area is 127 Å². The van der Waals surface area contributed by atoms with E-state index in [1.165, 1.54) is 4.90 Å². The fourth-order valence-electron chi connectivity index (χ4n) is 2.68. The van der Waals surface area contributed by atoms with Gasteiger partial charge in [-0.05, 0) is 43.0 Å². The predicted molar refractivity (Wildman–Crippen MR) is 76.5 cm³/mol. The van der Waals surface area contributed by atoms with Crippen LogP contribution >= 0.6 is 11.6 Å². The van der Waals surface area contributed by atoms with Crippen LogP contribution in [0.25, 0.3) is 0 Å². The van der Waals surface area contributed by atoms with Crippen LogP contribution in [-0.4, -0.2) is 41.1 Å². The SMILES string of the molecule is O=C(O)CN(C(=O)C1COc2ccc(Cl)cc2C1)C1CC1. The van der Waals surface area contributed by atoms with Crippen molar-refractivity contribution in [1.29, 1.82) is 0 Å². The smallest absolute Gasteiger partial charge is 0.323 e. The molecule has 1 atom stereocenters. The molecule has 0 radical (unpaired) electrons. The summed E-state index contributed by atoms with van der Waals surface area (Å²) in [5.41, 5.74) is 0.901. The van der Waals surface area contributed by atoms with E-state index in [-0.39, 0.29) is 31.0 Å². The summed E-state index contributed by atoms with van der Waals surface area (Å²) in [6, 6.07) is 5.43. The van der Waals surface area contributed by atoms with Gasteiger partial charge in [-0.3, -0.25) is 9.59 Å². The summed E-state index contributed by atoms with van der Waals surface area (Å²) in [6.07, 6.45) is 2.31. The zero-order valence-electron chi connectivity index (χ0n) is 11.4. The monoisotopic (exact) mass is 309 g/mol. The maximum absolute atomic E-state index is 12.6. The molecular weight excluding hydrogens is 294 g/mol. The molecule has 1 amide bonds. The highest BCUT2D eigenvalue weighted by Crippen LogP contribution is 2.33. The number of carbonyl (C=O) groups excluding carboxylic acids is 1. The molecule has 2 aliphatic rings. The van der Waals surface area contributed by atoms with Gasteiger partial charge in [0.15, 0.2) is 0 Å². The highest BCUT2D eigenvalue weighted by Gasteiger charge is 2.38. The minimum Gasteiger partial charge on any atom is -0.492 e. The lowest BCUT2D eigenvalue weighted by molar-refractivity contribution is -0.147. The van der Waals surface area contributed by atoms with Crippen LogP contribution in [0.2, 0.25) is 5.02 Å². The van der Waals surface area contributed by atoms with E-state index in [2.05, 4.69) is 0 Å². The first kappa shape index (κ1) is 14.2. The quantitative estimate of drug-likeness (QED) is 0.923. The molecule has 1 saturated carbocycles. The first-order chi connectivity index (χ1) is 10.0. The van der Waals surface area contributed by atoms with Crippen LogP contribution in [0.5, 0.6) is 5.75 Å². The molecule has 1 fully saturated rings. The number of carboxylic acid groups (broad SMARTS) is 1. The fraction of sp³-hybridized carbons (Fsp3) is 0.467. The summed E-state index contributed by atoms with van der Waals surface area (Å²) in [6.45, 7) is 0.0543. The first-order valence-electron chi connectivity index (χ1n) is 6.98.